The zero-order valence-electron chi connectivity index (χ0n) is 9.60. The number of esters is 1. The third-order valence-electron chi connectivity index (χ3n) is 2.67. The molecule has 88 valence electrons. The van der Waals surface area contributed by atoms with Crippen LogP contribution in [-0.4, -0.2) is 25.5 Å². The number of ether oxygens (including phenoxy) is 1. The molecule has 2 radical (unpaired) electrons. The van der Waals surface area contributed by atoms with Gasteiger partial charge in [0.15, 0.2) is 0 Å². The molecule has 1 aromatic carbocycles. The molecule has 17 heavy (non-hydrogen) atoms. The molecule has 0 aliphatic carbocycles. The molecule has 4 nitrogen and oxygen atoms in total. The Kier molecular flexibility index (Phi) is 3.42. The van der Waals surface area contributed by atoms with Gasteiger partial charge in [-0.15, -0.1) is 0 Å². The van der Waals surface area contributed by atoms with Gasteiger partial charge in [0.05, 0.1) is 7.11 Å². The third kappa shape index (κ3) is 2.46. The fraction of sp³-hybridized carbons (Fsp3) is 0.308. The molecule has 0 fully saturated rings. The number of hydrogen-bond donors (Lipinski definition) is 0. The van der Waals surface area contributed by atoms with Crippen LogP contribution in [-0.2, 0) is 14.3 Å². The molecule has 0 aromatic heterocycles. The van der Waals surface area contributed by atoms with Crippen LogP contribution < -0.4 is 4.90 Å². The van der Waals surface area contributed by atoms with Gasteiger partial charge in [-0.25, -0.2) is 0 Å². The van der Waals surface area contributed by atoms with Gasteiger partial charge in [0, 0.05) is 18.5 Å². The predicted molar refractivity (Wildman–Crippen MR) is 62.4 cm³/mol. The van der Waals surface area contributed by atoms with Gasteiger partial charge in [0.25, 0.3) is 0 Å². The van der Waals surface area contributed by atoms with Gasteiger partial charge < -0.3 is 9.64 Å². The highest BCUT2D eigenvalue weighted by atomic mass is 16.5. The van der Waals surface area contributed by atoms with E-state index in [1.165, 1.54) is 12.0 Å². The van der Waals surface area contributed by atoms with E-state index in [4.69, 9.17) is 0 Å². The first-order chi connectivity index (χ1) is 8.22. The van der Waals surface area contributed by atoms with E-state index in [1.807, 2.05) is 24.3 Å². The minimum Gasteiger partial charge on any atom is -0.468 e. The molecule has 1 aromatic rings. The molecule has 4 heteroatoms. The monoisotopic (exact) mass is 231 g/mol. The lowest BCUT2D eigenvalue weighted by atomic mass is 10.1. The first kappa shape index (κ1) is 11.6. The number of para-hydroxylation sites is 1. The number of carbonyl (C=O) groups is 2. The van der Waals surface area contributed by atoms with Crippen molar-refractivity contribution in [2.75, 3.05) is 18.6 Å². The summed E-state index contributed by atoms with van der Waals surface area (Å²) in [5.74, 6) is -0.497. The minimum atomic E-state index is -0.421. The molecule has 1 aliphatic rings. The summed E-state index contributed by atoms with van der Waals surface area (Å²) in [6.07, 6.45) is 4.11. The Labute approximate surface area is 100 Å². The highest BCUT2D eigenvalue weighted by Gasteiger charge is 2.24. The first-order valence-corrected chi connectivity index (χ1v) is 5.42. The van der Waals surface area contributed by atoms with Crippen LogP contribution >= 0.6 is 0 Å². The average Bonchev–Trinajstić information content (AvgIpc) is 2.50. The summed E-state index contributed by atoms with van der Waals surface area (Å²) in [4.78, 5) is 24.7. The Morgan fingerprint density at radius 2 is 2.24 bits per heavy atom. The zero-order chi connectivity index (χ0) is 12.3. The van der Waals surface area contributed by atoms with E-state index in [1.54, 1.807) is 0 Å². The maximum atomic E-state index is 11.9. The predicted octanol–water partition coefficient (Wildman–Crippen LogP) is 1.42. The molecule has 1 aliphatic heterocycles. The smallest absolute Gasteiger partial charge is 0.325 e. The largest absolute Gasteiger partial charge is 0.468 e. The van der Waals surface area contributed by atoms with E-state index in [2.05, 4.69) is 11.2 Å². The number of carbonyl (C=O) groups excluding carboxylic acids is 2. The number of methoxy groups -OCH3 is 1. The van der Waals surface area contributed by atoms with Crippen LogP contribution in [0.25, 0.3) is 0 Å². The van der Waals surface area contributed by atoms with Gasteiger partial charge in [-0.2, -0.15) is 0 Å². The summed E-state index contributed by atoms with van der Waals surface area (Å²) in [6.45, 7) is -0.0476. The molecule has 1 heterocycles. The second-order valence-electron chi connectivity index (χ2n) is 3.75. The maximum Gasteiger partial charge on any atom is 0.325 e. The summed E-state index contributed by atoms with van der Waals surface area (Å²) in [7, 11) is 1.31. The maximum absolute atomic E-state index is 11.9. The van der Waals surface area contributed by atoms with Crippen molar-refractivity contribution >= 4 is 17.6 Å². The van der Waals surface area contributed by atoms with Crippen molar-refractivity contribution in [1.29, 1.82) is 0 Å². The Morgan fingerprint density at radius 3 is 3.00 bits per heavy atom. The van der Waals surface area contributed by atoms with E-state index in [0.29, 0.717) is 12.8 Å². The van der Waals surface area contributed by atoms with E-state index >= 15 is 0 Å². The van der Waals surface area contributed by atoms with E-state index < -0.39 is 5.97 Å². The standard InChI is InChI=1S/C13H13NO3/c1-17-13(16)9-14-11-7-3-2-5-10(11)6-4-8-12(14)15/h2-3,5,7H,4,8-9H2,1H3. The lowest BCUT2D eigenvalue weighted by Crippen LogP contribution is -2.35. The van der Waals surface area contributed by atoms with E-state index in [-0.39, 0.29) is 12.5 Å². The van der Waals surface area contributed by atoms with Crippen LogP contribution in [0.3, 0.4) is 0 Å². The molecule has 2 rings (SSSR count). The molecular weight excluding hydrogens is 218 g/mol. The van der Waals surface area contributed by atoms with Crippen LogP contribution in [0.5, 0.6) is 0 Å². The number of amides is 1. The Morgan fingerprint density at radius 1 is 1.47 bits per heavy atom. The third-order valence-corrected chi connectivity index (χ3v) is 2.67. The van der Waals surface area contributed by atoms with Gasteiger partial charge in [-0.3, -0.25) is 9.59 Å². The molecule has 1 amide bonds. The lowest BCUT2D eigenvalue weighted by molar-refractivity contribution is -0.140. The topological polar surface area (TPSA) is 46.6 Å². The average molecular weight is 231 g/mol. The number of benzene rings is 1. The summed E-state index contributed by atoms with van der Waals surface area (Å²) >= 11 is 0. The summed E-state index contributed by atoms with van der Waals surface area (Å²) in [5, 5.41) is 0. The summed E-state index contributed by atoms with van der Waals surface area (Å²) < 4.78 is 4.60. The van der Waals surface area contributed by atoms with Crippen LogP contribution in [0, 0.1) is 6.42 Å². The molecule has 0 bridgehead atoms. The number of hydrogen-bond acceptors (Lipinski definition) is 3. The quantitative estimate of drug-likeness (QED) is 0.723. The van der Waals surface area contributed by atoms with Crippen molar-refractivity contribution in [3.63, 3.8) is 0 Å². The molecular formula is C13H13NO3. The summed E-state index contributed by atoms with van der Waals surface area (Å²) in [6, 6.07) is 7.42. The van der Waals surface area contributed by atoms with Crippen molar-refractivity contribution < 1.29 is 14.3 Å². The van der Waals surface area contributed by atoms with Gasteiger partial charge in [0.1, 0.15) is 6.54 Å². The highest BCUT2D eigenvalue weighted by Crippen LogP contribution is 2.27. The highest BCUT2D eigenvalue weighted by molar-refractivity contribution is 5.99. The fourth-order valence-corrected chi connectivity index (χ4v) is 1.80. The minimum absolute atomic E-state index is 0.0476. The molecule has 0 saturated heterocycles. The van der Waals surface area contributed by atoms with Crippen LogP contribution in [0.15, 0.2) is 24.3 Å². The van der Waals surface area contributed by atoms with Gasteiger partial charge in [-0.1, -0.05) is 18.2 Å². The Balaban J connectivity index is 2.33. The molecule has 0 unspecified atom stereocenters. The van der Waals surface area contributed by atoms with Crippen molar-refractivity contribution in [3.8, 4) is 0 Å². The van der Waals surface area contributed by atoms with Crippen molar-refractivity contribution in [2.45, 2.75) is 12.8 Å². The second kappa shape index (κ2) is 4.99. The van der Waals surface area contributed by atoms with Crippen molar-refractivity contribution in [3.05, 3.63) is 36.2 Å². The molecule has 0 N–H and O–H groups in total. The number of nitrogens with zero attached hydrogens (tertiary/aromatic N) is 1. The van der Waals surface area contributed by atoms with E-state index in [0.717, 1.165) is 11.3 Å². The fourth-order valence-electron chi connectivity index (χ4n) is 1.80. The summed E-state index contributed by atoms with van der Waals surface area (Å²) in [5.41, 5.74) is 1.59. The second-order valence-corrected chi connectivity index (χ2v) is 3.75. The lowest BCUT2D eigenvalue weighted by Gasteiger charge is -2.21. The van der Waals surface area contributed by atoms with Crippen LogP contribution in [0.2, 0.25) is 0 Å². The van der Waals surface area contributed by atoms with Gasteiger partial charge in [0.2, 0.25) is 5.91 Å². The van der Waals surface area contributed by atoms with Crippen molar-refractivity contribution in [1.82, 2.24) is 0 Å². The number of fused-ring (bicyclic) bond motifs is 1. The van der Waals surface area contributed by atoms with E-state index in [9.17, 15) is 9.59 Å². The molecule has 0 atom stereocenters. The molecule has 0 spiro atoms. The number of rotatable bonds is 2. The Hall–Kier alpha value is -1.84. The first-order valence-electron chi connectivity index (χ1n) is 5.42. The van der Waals surface area contributed by atoms with Crippen LogP contribution in [0.1, 0.15) is 18.4 Å². The van der Waals surface area contributed by atoms with Crippen molar-refractivity contribution in [2.24, 2.45) is 0 Å². The SMILES string of the molecule is COC(=O)CN1C(=O)CC[C]c2ccccc21. The number of anilines is 1. The van der Waals surface area contributed by atoms with Crippen LogP contribution in [0.4, 0.5) is 5.69 Å². The normalized spacial score (nSPS) is 15.1. The van der Waals surface area contributed by atoms with Gasteiger partial charge in [-0.05, 0) is 18.1 Å². The van der Waals surface area contributed by atoms with Gasteiger partial charge >= 0.3 is 5.97 Å². The Bertz CT molecular complexity index is 442. The zero-order valence-corrected chi connectivity index (χ0v) is 9.60. The molecule has 0 saturated carbocycles.